The van der Waals surface area contributed by atoms with Gasteiger partial charge in [0.1, 0.15) is 12.4 Å². The van der Waals surface area contributed by atoms with E-state index in [-0.39, 0.29) is 5.91 Å². The molecule has 0 spiro atoms. The van der Waals surface area contributed by atoms with Crippen LogP contribution >= 0.6 is 11.8 Å². The number of nitrogens with zero attached hydrogens (tertiary/aromatic N) is 2. The van der Waals surface area contributed by atoms with E-state index < -0.39 is 8.07 Å². The quantitative estimate of drug-likeness (QED) is 0.342. The summed E-state index contributed by atoms with van der Waals surface area (Å²) in [5.41, 5.74) is 3.64. The fourth-order valence-electron chi connectivity index (χ4n) is 3.75. The van der Waals surface area contributed by atoms with Crippen molar-refractivity contribution in [2.45, 2.75) is 56.6 Å². The van der Waals surface area contributed by atoms with Crippen molar-refractivity contribution in [3.8, 4) is 0 Å². The summed E-state index contributed by atoms with van der Waals surface area (Å²) in [4.78, 5) is 18.7. The van der Waals surface area contributed by atoms with Crippen molar-refractivity contribution in [3.05, 3.63) is 53.9 Å². The van der Waals surface area contributed by atoms with E-state index >= 15 is 0 Å². The number of amides is 1. The van der Waals surface area contributed by atoms with Crippen LogP contribution in [0.4, 0.5) is 5.69 Å². The Morgan fingerprint density at radius 1 is 1.29 bits per heavy atom. The largest absolute Gasteiger partial charge is 0.361 e. The number of nitrogens with one attached hydrogen (secondary N) is 1. The number of carbonyl (C=O) groups is 1. The van der Waals surface area contributed by atoms with E-state index in [1.165, 1.54) is 16.9 Å². The highest BCUT2D eigenvalue weighted by molar-refractivity contribution is 7.99. The molecule has 0 bridgehead atoms. The van der Waals surface area contributed by atoms with Crippen LogP contribution < -0.4 is 5.32 Å². The summed E-state index contributed by atoms with van der Waals surface area (Å²) in [6, 6.07) is 11.1. The van der Waals surface area contributed by atoms with Gasteiger partial charge in [0.25, 0.3) is 5.91 Å². The lowest BCUT2D eigenvalue weighted by Crippen LogP contribution is -2.22. The van der Waals surface area contributed by atoms with Gasteiger partial charge in [-0.15, -0.1) is 11.8 Å². The van der Waals surface area contributed by atoms with Gasteiger partial charge in [0, 0.05) is 42.9 Å². The molecule has 1 aliphatic rings. The van der Waals surface area contributed by atoms with E-state index in [4.69, 9.17) is 4.74 Å². The van der Waals surface area contributed by atoms with E-state index in [1.807, 2.05) is 46.8 Å². The number of fused-ring (bicyclic) bond motifs is 2. The van der Waals surface area contributed by atoms with Gasteiger partial charge in [0.15, 0.2) is 0 Å². The van der Waals surface area contributed by atoms with Gasteiger partial charge in [-0.2, -0.15) is 0 Å². The molecule has 7 heteroatoms. The lowest BCUT2D eigenvalue weighted by molar-refractivity contribution is 0.0899. The first-order chi connectivity index (χ1) is 14.8. The van der Waals surface area contributed by atoms with Gasteiger partial charge in [0.2, 0.25) is 0 Å². The van der Waals surface area contributed by atoms with Crippen molar-refractivity contribution in [1.82, 2.24) is 9.55 Å². The first-order valence-electron chi connectivity index (χ1n) is 10.9. The van der Waals surface area contributed by atoms with Crippen LogP contribution in [0.25, 0.3) is 11.0 Å². The molecule has 1 aliphatic heterocycles. The Bertz CT molecular complexity index is 1090. The third kappa shape index (κ3) is 5.22. The molecule has 5 nitrogen and oxygen atoms in total. The predicted molar refractivity (Wildman–Crippen MR) is 132 cm³/mol. The van der Waals surface area contributed by atoms with Crippen molar-refractivity contribution < 1.29 is 9.53 Å². The number of pyridine rings is 1. The van der Waals surface area contributed by atoms with Crippen molar-refractivity contribution >= 4 is 42.5 Å². The van der Waals surface area contributed by atoms with Crippen LogP contribution in [0.3, 0.4) is 0 Å². The predicted octanol–water partition coefficient (Wildman–Crippen LogP) is 6.20. The fraction of sp³-hybridized carbons (Fsp3) is 0.417. The average molecular weight is 454 g/mol. The Morgan fingerprint density at radius 3 is 2.94 bits per heavy atom. The summed E-state index contributed by atoms with van der Waals surface area (Å²) in [6.07, 6.45) is 4.90. The van der Waals surface area contributed by atoms with E-state index in [0.717, 1.165) is 35.1 Å². The summed E-state index contributed by atoms with van der Waals surface area (Å²) >= 11 is 1.84. The van der Waals surface area contributed by atoms with Crippen molar-refractivity contribution in [2.75, 3.05) is 17.7 Å². The van der Waals surface area contributed by atoms with Crippen LogP contribution in [0.2, 0.25) is 25.7 Å². The summed E-state index contributed by atoms with van der Waals surface area (Å²) in [6.45, 7) is 10.5. The van der Waals surface area contributed by atoms with E-state index in [2.05, 4.69) is 42.9 Å². The highest BCUT2D eigenvalue weighted by atomic mass is 32.2. The van der Waals surface area contributed by atoms with Crippen molar-refractivity contribution in [1.29, 1.82) is 0 Å². The maximum atomic E-state index is 13.0. The third-order valence-electron chi connectivity index (χ3n) is 5.75. The Kier molecular flexibility index (Phi) is 6.55. The number of rotatable bonds is 7. The molecule has 0 fully saturated rings. The van der Waals surface area contributed by atoms with Crippen LogP contribution in [0.5, 0.6) is 0 Å². The third-order valence-corrected chi connectivity index (χ3v) is 8.56. The summed E-state index contributed by atoms with van der Waals surface area (Å²) in [7, 11) is -1.10. The minimum absolute atomic E-state index is 0.0896. The smallest absolute Gasteiger partial charge is 0.255 e. The SMILES string of the molecule is CC1CCSc2cc(C(=O)Nc3ccnc4c3ccn4COCC[Si](C)(C)C)ccc21. The first-order valence-corrected chi connectivity index (χ1v) is 15.6. The molecular weight excluding hydrogens is 422 g/mol. The highest BCUT2D eigenvalue weighted by Crippen LogP contribution is 2.37. The van der Waals surface area contributed by atoms with E-state index in [9.17, 15) is 4.79 Å². The van der Waals surface area contributed by atoms with E-state index in [1.54, 1.807) is 6.20 Å². The molecule has 0 saturated heterocycles. The Morgan fingerprint density at radius 2 is 2.13 bits per heavy atom. The van der Waals surface area contributed by atoms with Crippen LogP contribution in [-0.2, 0) is 11.5 Å². The number of anilines is 1. The number of ether oxygens (including phenoxy) is 1. The molecular formula is C24H31N3O2SSi. The molecule has 164 valence electrons. The summed E-state index contributed by atoms with van der Waals surface area (Å²) < 4.78 is 7.87. The van der Waals surface area contributed by atoms with Gasteiger partial charge in [-0.3, -0.25) is 4.79 Å². The number of hydrogen-bond acceptors (Lipinski definition) is 4. The second-order valence-electron chi connectivity index (χ2n) is 9.47. The van der Waals surface area contributed by atoms with Crippen LogP contribution in [0.15, 0.2) is 47.6 Å². The second kappa shape index (κ2) is 9.18. The molecule has 0 radical (unpaired) electrons. The van der Waals surface area contributed by atoms with Crippen molar-refractivity contribution in [2.24, 2.45) is 0 Å². The normalized spacial score (nSPS) is 16.3. The van der Waals surface area contributed by atoms with Crippen LogP contribution in [0.1, 0.15) is 35.2 Å². The minimum Gasteiger partial charge on any atom is -0.361 e. The molecule has 1 unspecified atom stereocenters. The lowest BCUT2D eigenvalue weighted by Gasteiger charge is -2.22. The van der Waals surface area contributed by atoms with Gasteiger partial charge in [0.05, 0.1) is 5.69 Å². The maximum Gasteiger partial charge on any atom is 0.255 e. The Hall–Kier alpha value is -2.09. The molecule has 0 aliphatic carbocycles. The second-order valence-corrected chi connectivity index (χ2v) is 16.2. The van der Waals surface area contributed by atoms with Gasteiger partial charge >= 0.3 is 0 Å². The first kappa shape index (κ1) is 22.1. The zero-order chi connectivity index (χ0) is 22.0. The number of benzene rings is 1. The van der Waals surface area contributed by atoms with E-state index in [0.29, 0.717) is 18.2 Å². The lowest BCUT2D eigenvalue weighted by atomic mass is 9.96. The van der Waals surface area contributed by atoms with Gasteiger partial charge in [-0.25, -0.2) is 4.98 Å². The monoisotopic (exact) mass is 453 g/mol. The highest BCUT2D eigenvalue weighted by Gasteiger charge is 2.19. The fourth-order valence-corrected chi connectivity index (χ4v) is 5.84. The van der Waals surface area contributed by atoms with Crippen LogP contribution in [0, 0.1) is 0 Å². The van der Waals surface area contributed by atoms with Gasteiger partial charge < -0.3 is 14.6 Å². The van der Waals surface area contributed by atoms with Gasteiger partial charge in [-0.05, 0) is 54.0 Å². The Balaban J connectivity index is 1.47. The molecule has 2 aromatic heterocycles. The van der Waals surface area contributed by atoms with Crippen LogP contribution in [-0.4, -0.2) is 35.9 Å². The molecule has 1 N–H and O–H groups in total. The summed E-state index contributed by atoms with van der Waals surface area (Å²) in [5, 5.41) is 4.00. The van der Waals surface area contributed by atoms with Gasteiger partial charge in [-0.1, -0.05) is 32.6 Å². The number of carbonyl (C=O) groups excluding carboxylic acids is 1. The zero-order valence-corrected chi connectivity index (χ0v) is 20.6. The molecule has 1 atom stereocenters. The number of aromatic nitrogens is 2. The van der Waals surface area contributed by atoms with Crippen molar-refractivity contribution in [3.63, 3.8) is 0 Å². The summed E-state index contributed by atoms with van der Waals surface area (Å²) in [5.74, 6) is 1.58. The maximum absolute atomic E-state index is 13.0. The topological polar surface area (TPSA) is 56.2 Å². The number of thioether (sulfide) groups is 1. The molecule has 31 heavy (non-hydrogen) atoms. The molecule has 0 saturated carbocycles. The molecule has 3 aromatic rings. The molecule has 4 rings (SSSR count). The Labute approximate surface area is 189 Å². The average Bonchev–Trinajstić information content (AvgIpc) is 3.14. The zero-order valence-electron chi connectivity index (χ0n) is 18.8. The standard InChI is InChI=1S/C24H31N3O2SSi/c1-17-9-13-30-22-15-18(5-6-19(17)22)24(28)26-21-7-10-25-23-20(21)8-11-27(23)16-29-12-14-31(2,3)4/h5-8,10-11,15,17H,9,12-14,16H2,1-4H3,(H,25,26,28). The minimum atomic E-state index is -1.10. The molecule has 1 aromatic carbocycles. The molecule has 1 amide bonds. The molecule has 3 heterocycles. The number of hydrogen-bond donors (Lipinski definition) is 1.